The summed E-state index contributed by atoms with van der Waals surface area (Å²) in [6.07, 6.45) is 0.698. The highest BCUT2D eigenvalue weighted by molar-refractivity contribution is 5.95. The minimum atomic E-state index is -0.601. The van der Waals surface area contributed by atoms with E-state index < -0.39 is 4.92 Å². The summed E-state index contributed by atoms with van der Waals surface area (Å²) >= 11 is 0. The second-order valence-electron chi connectivity index (χ2n) is 4.52. The third-order valence-electron chi connectivity index (χ3n) is 3.03. The summed E-state index contributed by atoms with van der Waals surface area (Å²) in [4.78, 5) is 22.1. The molecule has 0 unspecified atom stereocenters. The van der Waals surface area contributed by atoms with Gasteiger partial charge in [-0.05, 0) is 24.1 Å². The van der Waals surface area contributed by atoms with E-state index >= 15 is 0 Å². The van der Waals surface area contributed by atoms with Gasteiger partial charge in [0.05, 0.1) is 4.92 Å². The van der Waals surface area contributed by atoms with Gasteiger partial charge in [0.15, 0.2) is 0 Å². The van der Waals surface area contributed by atoms with Crippen molar-refractivity contribution in [3.8, 4) is 0 Å². The molecular formula is C15H15N3O3. The SMILES string of the molecule is Nc1ccc(C(=O)NCCc2ccccc2)cc1[N+](=O)[O-]. The summed E-state index contributed by atoms with van der Waals surface area (Å²) in [7, 11) is 0. The third kappa shape index (κ3) is 3.79. The van der Waals surface area contributed by atoms with Crippen molar-refractivity contribution in [3.63, 3.8) is 0 Å². The van der Waals surface area contributed by atoms with Gasteiger partial charge in [-0.3, -0.25) is 14.9 Å². The fourth-order valence-corrected chi connectivity index (χ4v) is 1.91. The monoisotopic (exact) mass is 285 g/mol. The quantitative estimate of drug-likeness (QED) is 0.499. The van der Waals surface area contributed by atoms with Crippen LogP contribution in [0.3, 0.4) is 0 Å². The number of nitrogens with two attached hydrogens (primary N) is 1. The minimum Gasteiger partial charge on any atom is -0.393 e. The Morgan fingerprint density at radius 1 is 1.19 bits per heavy atom. The van der Waals surface area contributed by atoms with Crippen LogP contribution in [0.15, 0.2) is 48.5 Å². The van der Waals surface area contributed by atoms with Crippen LogP contribution in [0.25, 0.3) is 0 Å². The van der Waals surface area contributed by atoms with Crippen molar-refractivity contribution in [1.29, 1.82) is 0 Å². The Kier molecular flexibility index (Phi) is 4.50. The summed E-state index contributed by atoms with van der Waals surface area (Å²) < 4.78 is 0. The highest BCUT2D eigenvalue weighted by atomic mass is 16.6. The van der Waals surface area contributed by atoms with Gasteiger partial charge in [-0.25, -0.2) is 0 Å². The molecule has 2 aromatic carbocycles. The first-order valence-electron chi connectivity index (χ1n) is 6.44. The molecule has 2 rings (SSSR count). The number of hydrogen-bond acceptors (Lipinski definition) is 4. The van der Waals surface area contributed by atoms with E-state index in [0.717, 1.165) is 5.56 Å². The summed E-state index contributed by atoms with van der Waals surface area (Å²) in [6.45, 7) is 0.459. The largest absolute Gasteiger partial charge is 0.393 e. The van der Waals surface area contributed by atoms with Crippen molar-refractivity contribution in [1.82, 2.24) is 5.32 Å². The normalized spacial score (nSPS) is 10.1. The second-order valence-corrected chi connectivity index (χ2v) is 4.52. The number of rotatable bonds is 5. The fourth-order valence-electron chi connectivity index (χ4n) is 1.91. The van der Waals surface area contributed by atoms with E-state index in [0.29, 0.717) is 13.0 Å². The molecule has 0 aliphatic carbocycles. The maximum atomic E-state index is 11.9. The molecular weight excluding hydrogens is 270 g/mol. The lowest BCUT2D eigenvalue weighted by Gasteiger charge is -2.06. The zero-order valence-electron chi connectivity index (χ0n) is 11.3. The maximum Gasteiger partial charge on any atom is 0.292 e. The smallest absolute Gasteiger partial charge is 0.292 e. The van der Waals surface area contributed by atoms with E-state index in [1.165, 1.54) is 18.2 Å². The Bertz CT molecular complexity index is 656. The van der Waals surface area contributed by atoms with E-state index in [1.807, 2.05) is 30.3 Å². The van der Waals surface area contributed by atoms with Crippen molar-refractivity contribution in [2.24, 2.45) is 0 Å². The average Bonchev–Trinajstić information content (AvgIpc) is 2.48. The number of hydrogen-bond donors (Lipinski definition) is 2. The molecule has 0 bridgehead atoms. The molecule has 0 heterocycles. The lowest BCUT2D eigenvalue weighted by Crippen LogP contribution is -2.25. The Morgan fingerprint density at radius 2 is 1.90 bits per heavy atom. The molecule has 0 aliphatic rings. The molecule has 0 saturated carbocycles. The van der Waals surface area contributed by atoms with Crippen molar-refractivity contribution in [2.45, 2.75) is 6.42 Å². The molecule has 0 fully saturated rings. The number of carbonyl (C=O) groups is 1. The van der Waals surface area contributed by atoms with Gasteiger partial charge >= 0.3 is 0 Å². The molecule has 21 heavy (non-hydrogen) atoms. The first kappa shape index (κ1) is 14.5. The lowest BCUT2D eigenvalue weighted by atomic mass is 10.1. The number of nitro benzene ring substituents is 1. The molecule has 0 saturated heterocycles. The molecule has 108 valence electrons. The topological polar surface area (TPSA) is 98.3 Å². The molecule has 0 radical (unpaired) electrons. The molecule has 2 aromatic rings. The predicted molar refractivity (Wildman–Crippen MR) is 80.0 cm³/mol. The molecule has 0 spiro atoms. The Hall–Kier alpha value is -2.89. The van der Waals surface area contributed by atoms with Gasteiger partial charge in [0.2, 0.25) is 0 Å². The standard InChI is InChI=1S/C15H15N3O3/c16-13-7-6-12(10-14(13)18(20)21)15(19)17-9-8-11-4-2-1-3-5-11/h1-7,10H,8-9,16H2,(H,17,19). The zero-order valence-corrected chi connectivity index (χ0v) is 11.3. The number of amides is 1. The fraction of sp³-hybridized carbons (Fsp3) is 0.133. The first-order chi connectivity index (χ1) is 10.1. The van der Waals surface area contributed by atoms with Gasteiger partial charge < -0.3 is 11.1 Å². The Labute approximate surface area is 121 Å². The second kappa shape index (κ2) is 6.51. The van der Waals surface area contributed by atoms with E-state index in [-0.39, 0.29) is 22.8 Å². The molecule has 0 atom stereocenters. The third-order valence-corrected chi connectivity index (χ3v) is 3.03. The van der Waals surface area contributed by atoms with Crippen molar-refractivity contribution in [3.05, 3.63) is 69.8 Å². The van der Waals surface area contributed by atoms with Crippen LogP contribution < -0.4 is 11.1 Å². The predicted octanol–water partition coefficient (Wildman–Crippen LogP) is 2.15. The van der Waals surface area contributed by atoms with Crippen LogP contribution in [0, 0.1) is 10.1 Å². The number of carbonyl (C=O) groups excluding carboxylic acids is 1. The van der Waals surface area contributed by atoms with Crippen LogP contribution in [0.1, 0.15) is 15.9 Å². The molecule has 0 aliphatic heterocycles. The molecule has 6 nitrogen and oxygen atoms in total. The van der Waals surface area contributed by atoms with Crippen molar-refractivity contribution < 1.29 is 9.72 Å². The first-order valence-corrected chi connectivity index (χ1v) is 6.44. The van der Waals surface area contributed by atoms with Crippen molar-refractivity contribution >= 4 is 17.3 Å². The lowest BCUT2D eigenvalue weighted by molar-refractivity contribution is -0.383. The molecule has 6 heteroatoms. The average molecular weight is 285 g/mol. The van der Waals surface area contributed by atoms with Crippen LogP contribution in [0.2, 0.25) is 0 Å². The van der Waals surface area contributed by atoms with Gasteiger partial charge in [0.25, 0.3) is 11.6 Å². The van der Waals surface area contributed by atoms with Crippen LogP contribution >= 0.6 is 0 Å². The number of nitro groups is 1. The Balaban J connectivity index is 1.97. The van der Waals surface area contributed by atoms with E-state index in [2.05, 4.69) is 5.32 Å². The van der Waals surface area contributed by atoms with Gasteiger partial charge in [-0.1, -0.05) is 30.3 Å². The van der Waals surface area contributed by atoms with Crippen molar-refractivity contribution in [2.75, 3.05) is 12.3 Å². The number of nitrogens with one attached hydrogen (secondary N) is 1. The van der Waals surface area contributed by atoms with Gasteiger partial charge in [-0.15, -0.1) is 0 Å². The maximum absolute atomic E-state index is 11.9. The van der Waals surface area contributed by atoms with Crippen LogP contribution in [-0.4, -0.2) is 17.4 Å². The molecule has 1 amide bonds. The summed E-state index contributed by atoms with van der Waals surface area (Å²) in [5.41, 5.74) is 6.62. The van der Waals surface area contributed by atoms with E-state index in [9.17, 15) is 14.9 Å². The number of nitrogen functional groups attached to an aromatic ring is 1. The Morgan fingerprint density at radius 3 is 2.57 bits per heavy atom. The molecule has 0 aromatic heterocycles. The molecule has 3 N–H and O–H groups in total. The van der Waals surface area contributed by atoms with Gasteiger partial charge in [0.1, 0.15) is 5.69 Å². The highest BCUT2D eigenvalue weighted by Crippen LogP contribution is 2.22. The van der Waals surface area contributed by atoms with Gasteiger partial charge in [0, 0.05) is 18.2 Å². The zero-order chi connectivity index (χ0) is 15.2. The number of benzene rings is 2. The summed E-state index contributed by atoms with van der Waals surface area (Å²) in [5, 5.41) is 13.5. The summed E-state index contributed by atoms with van der Waals surface area (Å²) in [6, 6.07) is 13.8. The highest BCUT2D eigenvalue weighted by Gasteiger charge is 2.15. The van der Waals surface area contributed by atoms with Crippen LogP contribution in [-0.2, 0) is 6.42 Å². The van der Waals surface area contributed by atoms with E-state index in [4.69, 9.17) is 5.73 Å². The number of nitrogens with zero attached hydrogens (tertiary/aromatic N) is 1. The number of anilines is 1. The van der Waals surface area contributed by atoms with Crippen LogP contribution in [0.4, 0.5) is 11.4 Å². The summed E-state index contributed by atoms with van der Waals surface area (Å²) in [5.74, 6) is -0.353. The van der Waals surface area contributed by atoms with E-state index in [1.54, 1.807) is 0 Å². The minimum absolute atomic E-state index is 0.0424. The van der Waals surface area contributed by atoms with Crippen LogP contribution in [0.5, 0.6) is 0 Å². The van der Waals surface area contributed by atoms with Gasteiger partial charge in [-0.2, -0.15) is 0 Å².